The molecular weight excluding hydrogens is 568 g/mol. The van der Waals surface area contributed by atoms with E-state index in [-0.39, 0.29) is 19.6 Å². The summed E-state index contributed by atoms with van der Waals surface area (Å²) in [5.74, 6) is 0. The highest BCUT2D eigenvalue weighted by atomic mass is 16.6. The molecule has 0 bridgehead atoms. The molecule has 2 fully saturated rings. The van der Waals surface area contributed by atoms with Gasteiger partial charge in [0.15, 0.2) is 0 Å². The van der Waals surface area contributed by atoms with E-state index >= 15 is 0 Å². The number of ether oxygens (including phenoxy) is 1. The fraction of sp³-hybridized carbons (Fsp3) is 0.375. The Bertz CT molecular complexity index is 1470. The molecule has 4 aromatic rings. The SMILES string of the molecule is C.CC(C)(C)OC(=O)N[C@@H]1CCN(Cc2ccc(-c3ccccc3)cc2)C1.N[C@@H]1CCN(Cc2ccc(-c3ccccc3)cc2)C1. The van der Waals surface area contributed by atoms with Crippen LogP contribution in [0, 0.1) is 0 Å². The Balaban J connectivity index is 0.000000213. The second kappa shape index (κ2) is 16.5. The van der Waals surface area contributed by atoms with Crippen molar-refractivity contribution in [2.75, 3.05) is 26.2 Å². The Labute approximate surface area is 276 Å². The Morgan fingerprint density at radius 2 is 1.13 bits per heavy atom. The molecule has 6 nitrogen and oxygen atoms in total. The first-order valence-electron chi connectivity index (χ1n) is 16.2. The van der Waals surface area contributed by atoms with E-state index in [4.69, 9.17) is 10.5 Å². The van der Waals surface area contributed by atoms with Crippen molar-refractivity contribution in [1.29, 1.82) is 0 Å². The Hall–Kier alpha value is -3.97. The van der Waals surface area contributed by atoms with Crippen LogP contribution in [0.5, 0.6) is 0 Å². The molecular formula is C40H52N4O2. The fourth-order valence-electron chi connectivity index (χ4n) is 5.96. The maximum absolute atomic E-state index is 11.9. The van der Waals surface area contributed by atoms with E-state index < -0.39 is 5.60 Å². The lowest BCUT2D eigenvalue weighted by Crippen LogP contribution is -2.40. The first kappa shape index (κ1) is 34.9. The summed E-state index contributed by atoms with van der Waals surface area (Å²) in [5.41, 5.74) is 13.2. The first-order chi connectivity index (χ1) is 21.7. The summed E-state index contributed by atoms with van der Waals surface area (Å²) in [4.78, 5) is 16.7. The lowest BCUT2D eigenvalue weighted by Gasteiger charge is -2.22. The number of amides is 1. The van der Waals surface area contributed by atoms with E-state index in [1.807, 2.05) is 26.8 Å². The molecule has 0 saturated carbocycles. The van der Waals surface area contributed by atoms with E-state index in [0.717, 1.165) is 52.1 Å². The number of benzene rings is 4. The molecule has 2 atom stereocenters. The summed E-state index contributed by atoms with van der Waals surface area (Å²) in [6.45, 7) is 11.6. The largest absolute Gasteiger partial charge is 0.444 e. The summed E-state index contributed by atoms with van der Waals surface area (Å²) in [5, 5.41) is 2.98. The predicted molar refractivity (Wildman–Crippen MR) is 191 cm³/mol. The number of hydrogen-bond donors (Lipinski definition) is 2. The third-order valence-electron chi connectivity index (χ3n) is 8.24. The first-order valence-corrected chi connectivity index (χ1v) is 16.2. The molecule has 0 aromatic heterocycles. The molecule has 2 aliphatic heterocycles. The van der Waals surface area contributed by atoms with Crippen LogP contribution in [0.2, 0.25) is 0 Å². The van der Waals surface area contributed by atoms with Gasteiger partial charge < -0.3 is 15.8 Å². The number of nitrogens with two attached hydrogens (primary N) is 1. The summed E-state index contributed by atoms with van der Waals surface area (Å²) >= 11 is 0. The van der Waals surface area contributed by atoms with Crippen molar-refractivity contribution >= 4 is 6.09 Å². The lowest BCUT2D eigenvalue weighted by atomic mass is 10.0. The number of likely N-dealkylation sites (tertiary alicyclic amines) is 2. The molecule has 0 radical (unpaired) electrons. The maximum atomic E-state index is 11.9. The molecule has 2 aliphatic rings. The van der Waals surface area contributed by atoms with Gasteiger partial charge in [0, 0.05) is 51.4 Å². The minimum absolute atomic E-state index is 0. The summed E-state index contributed by atoms with van der Waals surface area (Å²) in [7, 11) is 0. The zero-order valence-electron chi connectivity index (χ0n) is 27.0. The smallest absolute Gasteiger partial charge is 0.407 e. The quantitative estimate of drug-likeness (QED) is 0.219. The number of alkyl carbamates (subject to hydrolysis) is 1. The van der Waals surface area contributed by atoms with Crippen LogP contribution in [0.3, 0.4) is 0 Å². The molecule has 46 heavy (non-hydrogen) atoms. The maximum Gasteiger partial charge on any atom is 0.407 e. The zero-order chi connectivity index (χ0) is 31.6. The molecule has 6 heteroatoms. The molecule has 6 rings (SSSR count). The van der Waals surface area contributed by atoms with Gasteiger partial charge in [-0.2, -0.15) is 0 Å². The van der Waals surface area contributed by atoms with Gasteiger partial charge in [0.25, 0.3) is 0 Å². The van der Waals surface area contributed by atoms with Gasteiger partial charge in [-0.25, -0.2) is 4.79 Å². The predicted octanol–water partition coefficient (Wildman–Crippen LogP) is 7.98. The van der Waals surface area contributed by atoms with E-state index in [2.05, 4.69) is 118 Å². The number of nitrogens with zero attached hydrogens (tertiary/aromatic N) is 2. The molecule has 0 aliphatic carbocycles. The van der Waals surface area contributed by atoms with Crippen molar-refractivity contribution in [3.8, 4) is 22.3 Å². The van der Waals surface area contributed by atoms with E-state index in [0.29, 0.717) is 6.04 Å². The van der Waals surface area contributed by atoms with Crippen molar-refractivity contribution < 1.29 is 9.53 Å². The number of carbonyl (C=O) groups is 1. The van der Waals surface area contributed by atoms with Crippen LogP contribution in [0.1, 0.15) is 52.2 Å². The Morgan fingerprint density at radius 3 is 1.57 bits per heavy atom. The number of carbonyl (C=O) groups excluding carboxylic acids is 1. The van der Waals surface area contributed by atoms with Gasteiger partial charge in [-0.15, -0.1) is 0 Å². The Morgan fingerprint density at radius 1 is 0.696 bits per heavy atom. The highest BCUT2D eigenvalue weighted by Crippen LogP contribution is 2.22. The van der Waals surface area contributed by atoms with Crippen LogP contribution in [-0.4, -0.2) is 59.8 Å². The summed E-state index contributed by atoms with van der Waals surface area (Å²) in [6, 6.07) is 39.1. The van der Waals surface area contributed by atoms with E-state index in [1.54, 1.807) is 0 Å². The van der Waals surface area contributed by atoms with Crippen LogP contribution < -0.4 is 11.1 Å². The van der Waals surface area contributed by atoms with E-state index in [9.17, 15) is 4.79 Å². The minimum Gasteiger partial charge on any atom is -0.444 e. The topological polar surface area (TPSA) is 70.8 Å². The monoisotopic (exact) mass is 620 g/mol. The number of hydrogen-bond acceptors (Lipinski definition) is 5. The normalized spacial score (nSPS) is 18.3. The molecule has 244 valence electrons. The minimum atomic E-state index is -0.455. The van der Waals surface area contributed by atoms with Gasteiger partial charge in [0.05, 0.1) is 0 Å². The van der Waals surface area contributed by atoms with Crippen molar-refractivity contribution in [2.24, 2.45) is 5.73 Å². The molecule has 4 aromatic carbocycles. The molecule has 2 heterocycles. The Kier molecular flexibility index (Phi) is 12.6. The second-order valence-electron chi connectivity index (χ2n) is 13.3. The third kappa shape index (κ3) is 10.8. The molecule has 3 N–H and O–H groups in total. The molecule has 0 unspecified atom stereocenters. The van der Waals surface area contributed by atoms with Gasteiger partial charge in [0.1, 0.15) is 5.60 Å². The van der Waals surface area contributed by atoms with Gasteiger partial charge in [0.2, 0.25) is 0 Å². The average Bonchev–Trinajstić information content (AvgIpc) is 3.65. The van der Waals surface area contributed by atoms with Crippen LogP contribution in [0.25, 0.3) is 22.3 Å². The van der Waals surface area contributed by atoms with Crippen molar-refractivity contribution in [3.63, 3.8) is 0 Å². The zero-order valence-corrected chi connectivity index (χ0v) is 27.0. The molecule has 0 spiro atoms. The second-order valence-corrected chi connectivity index (χ2v) is 13.3. The number of nitrogens with one attached hydrogen (secondary N) is 1. The summed E-state index contributed by atoms with van der Waals surface area (Å²) < 4.78 is 5.34. The van der Waals surface area contributed by atoms with Crippen LogP contribution >= 0.6 is 0 Å². The van der Waals surface area contributed by atoms with Crippen molar-refractivity contribution in [2.45, 2.75) is 71.8 Å². The van der Waals surface area contributed by atoms with Gasteiger partial charge in [-0.05, 0) is 67.0 Å². The highest BCUT2D eigenvalue weighted by molar-refractivity contribution is 5.68. The van der Waals surface area contributed by atoms with E-state index in [1.165, 1.54) is 33.4 Å². The third-order valence-corrected chi connectivity index (χ3v) is 8.24. The summed E-state index contributed by atoms with van der Waals surface area (Å²) in [6.07, 6.45) is 1.76. The highest BCUT2D eigenvalue weighted by Gasteiger charge is 2.26. The van der Waals surface area contributed by atoms with Gasteiger partial charge in [-0.1, -0.05) is 117 Å². The van der Waals surface area contributed by atoms with Crippen molar-refractivity contribution in [1.82, 2.24) is 15.1 Å². The lowest BCUT2D eigenvalue weighted by molar-refractivity contribution is 0.0505. The average molecular weight is 621 g/mol. The van der Waals surface area contributed by atoms with Crippen LogP contribution in [-0.2, 0) is 17.8 Å². The van der Waals surface area contributed by atoms with Crippen LogP contribution in [0.15, 0.2) is 109 Å². The number of rotatable bonds is 7. The standard InChI is InChI=1S/C22H28N2O2.C17H20N2.CH4/c1-22(2,3)26-21(25)23-20-13-14-24(16-20)15-17-9-11-19(12-10-17)18-7-5-4-6-8-18;18-17-10-11-19(13-17)12-14-6-8-16(9-7-14)15-4-2-1-3-5-15;/h4-12,20H,13-16H2,1-3H3,(H,23,25);1-9,17H,10-13,18H2;1H4/t20-;17-;/m11./s1. The fourth-order valence-corrected chi connectivity index (χ4v) is 5.96. The van der Waals surface area contributed by atoms with Crippen molar-refractivity contribution in [3.05, 3.63) is 120 Å². The van der Waals surface area contributed by atoms with Crippen LogP contribution in [0.4, 0.5) is 4.79 Å². The van der Waals surface area contributed by atoms with Gasteiger partial charge >= 0.3 is 6.09 Å². The van der Waals surface area contributed by atoms with Gasteiger partial charge in [-0.3, -0.25) is 9.80 Å². The molecule has 2 saturated heterocycles. The molecule has 1 amide bonds.